The Bertz CT molecular complexity index is 429. The lowest BCUT2D eigenvalue weighted by molar-refractivity contribution is 0.0692. The zero-order valence-corrected chi connectivity index (χ0v) is 10.3. The summed E-state index contributed by atoms with van der Waals surface area (Å²) in [6.07, 6.45) is 0. The fourth-order valence-corrected chi connectivity index (χ4v) is 1.95. The van der Waals surface area contributed by atoms with Crippen LogP contribution in [0.3, 0.4) is 0 Å². The molecule has 0 aliphatic carbocycles. The molecule has 82 valence electrons. The second-order valence-electron chi connectivity index (χ2n) is 3.19. The average Bonchev–Trinajstić information content (AvgIpc) is 2.19. The zero-order chi connectivity index (χ0) is 11.7. The van der Waals surface area contributed by atoms with Crippen LogP contribution in [-0.2, 0) is 0 Å². The largest absolute Gasteiger partial charge is 0.496 e. The molecule has 0 aliphatic heterocycles. The van der Waals surface area contributed by atoms with Crippen LogP contribution in [0.4, 0.5) is 5.69 Å². The second kappa shape index (κ2) is 4.10. The van der Waals surface area contributed by atoms with Crippen LogP contribution < -0.4 is 10.5 Å². The molecule has 1 aromatic rings. The van der Waals surface area contributed by atoms with Gasteiger partial charge in [0.25, 0.3) is 0 Å². The summed E-state index contributed by atoms with van der Waals surface area (Å²) in [7, 11) is 1.44. The second-order valence-corrected chi connectivity index (χ2v) is 3.98. The SMILES string of the molecule is COc1c(C)c(Br)c(N)c(C)c1C(=O)O. The maximum Gasteiger partial charge on any atom is 0.339 e. The van der Waals surface area contributed by atoms with Gasteiger partial charge in [0.15, 0.2) is 0 Å². The van der Waals surface area contributed by atoms with Gasteiger partial charge in [0.2, 0.25) is 0 Å². The van der Waals surface area contributed by atoms with Crippen LogP contribution in [-0.4, -0.2) is 18.2 Å². The maximum atomic E-state index is 11.1. The summed E-state index contributed by atoms with van der Waals surface area (Å²) < 4.78 is 5.77. The maximum absolute atomic E-state index is 11.1. The number of nitrogens with two attached hydrogens (primary N) is 1. The molecular weight excluding hydrogens is 262 g/mol. The van der Waals surface area contributed by atoms with E-state index in [1.54, 1.807) is 13.8 Å². The van der Waals surface area contributed by atoms with Crippen molar-refractivity contribution in [3.63, 3.8) is 0 Å². The lowest BCUT2D eigenvalue weighted by atomic mass is 10.0. The third-order valence-electron chi connectivity index (χ3n) is 2.33. The van der Waals surface area contributed by atoms with Crippen molar-refractivity contribution in [3.05, 3.63) is 21.2 Å². The molecule has 4 nitrogen and oxygen atoms in total. The highest BCUT2D eigenvalue weighted by Crippen LogP contribution is 2.38. The number of carboxylic acid groups (broad SMARTS) is 1. The van der Waals surface area contributed by atoms with Gasteiger partial charge >= 0.3 is 5.97 Å². The van der Waals surface area contributed by atoms with E-state index in [9.17, 15) is 4.79 Å². The summed E-state index contributed by atoms with van der Waals surface area (Å²) >= 11 is 3.31. The van der Waals surface area contributed by atoms with Crippen molar-refractivity contribution in [1.29, 1.82) is 0 Å². The molecule has 0 spiro atoms. The van der Waals surface area contributed by atoms with Gasteiger partial charge in [-0.1, -0.05) is 0 Å². The number of nitrogen functional groups attached to an aromatic ring is 1. The Hall–Kier alpha value is -1.23. The predicted molar refractivity (Wildman–Crippen MR) is 61.5 cm³/mol. The number of carbonyl (C=O) groups is 1. The van der Waals surface area contributed by atoms with Crippen LogP contribution in [0, 0.1) is 13.8 Å². The van der Waals surface area contributed by atoms with Crippen LogP contribution in [0.25, 0.3) is 0 Å². The van der Waals surface area contributed by atoms with Gasteiger partial charge in [-0.2, -0.15) is 0 Å². The molecule has 0 saturated heterocycles. The van der Waals surface area contributed by atoms with Crippen molar-refractivity contribution in [2.75, 3.05) is 12.8 Å². The monoisotopic (exact) mass is 273 g/mol. The van der Waals surface area contributed by atoms with Gasteiger partial charge in [0.1, 0.15) is 11.3 Å². The molecule has 3 N–H and O–H groups in total. The molecule has 0 fully saturated rings. The van der Waals surface area contributed by atoms with Crippen molar-refractivity contribution in [2.24, 2.45) is 0 Å². The zero-order valence-electron chi connectivity index (χ0n) is 8.72. The van der Waals surface area contributed by atoms with Crippen LogP contribution in [0.5, 0.6) is 5.75 Å². The molecule has 0 atom stereocenters. The first kappa shape index (κ1) is 11.8. The Morgan fingerprint density at radius 2 is 1.93 bits per heavy atom. The fourth-order valence-electron chi connectivity index (χ4n) is 1.47. The molecule has 0 heterocycles. The first-order chi connectivity index (χ1) is 6.91. The van der Waals surface area contributed by atoms with E-state index in [0.29, 0.717) is 27.0 Å². The molecule has 0 radical (unpaired) electrons. The van der Waals surface area contributed by atoms with Gasteiger partial charge in [-0.15, -0.1) is 0 Å². The van der Waals surface area contributed by atoms with E-state index in [1.807, 2.05) is 0 Å². The highest BCUT2D eigenvalue weighted by molar-refractivity contribution is 9.10. The number of hydrogen-bond donors (Lipinski definition) is 2. The minimum Gasteiger partial charge on any atom is -0.496 e. The molecule has 0 bridgehead atoms. The van der Waals surface area contributed by atoms with Crippen LogP contribution in [0.2, 0.25) is 0 Å². The third-order valence-corrected chi connectivity index (χ3v) is 3.35. The number of methoxy groups -OCH3 is 1. The lowest BCUT2D eigenvalue weighted by Crippen LogP contribution is -2.08. The molecule has 0 amide bonds. The molecular formula is C10H12BrNO3. The fraction of sp³-hybridized carbons (Fsp3) is 0.300. The van der Waals surface area contributed by atoms with E-state index >= 15 is 0 Å². The number of hydrogen-bond acceptors (Lipinski definition) is 3. The minimum atomic E-state index is -1.04. The Morgan fingerprint density at radius 3 is 2.33 bits per heavy atom. The number of benzene rings is 1. The topological polar surface area (TPSA) is 72.5 Å². The smallest absolute Gasteiger partial charge is 0.339 e. The molecule has 1 rings (SSSR count). The van der Waals surface area contributed by atoms with Crippen molar-refractivity contribution >= 4 is 27.6 Å². The Kier molecular flexibility index (Phi) is 3.24. The van der Waals surface area contributed by atoms with Gasteiger partial charge in [-0.3, -0.25) is 0 Å². The summed E-state index contributed by atoms with van der Waals surface area (Å²) in [6.45, 7) is 3.41. The number of rotatable bonds is 2. The van der Waals surface area contributed by atoms with Crippen molar-refractivity contribution in [2.45, 2.75) is 13.8 Å². The Labute approximate surface area is 96.2 Å². The molecule has 5 heteroatoms. The first-order valence-corrected chi connectivity index (χ1v) is 5.06. The molecule has 0 aliphatic rings. The van der Waals surface area contributed by atoms with Crippen LogP contribution in [0.1, 0.15) is 21.5 Å². The van der Waals surface area contributed by atoms with Gasteiger partial charge in [0, 0.05) is 10.0 Å². The van der Waals surface area contributed by atoms with Crippen molar-refractivity contribution in [1.82, 2.24) is 0 Å². The van der Waals surface area contributed by atoms with Crippen molar-refractivity contribution in [3.8, 4) is 5.75 Å². The molecule has 0 aromatic heterocycles. The first-order valence-electron chi connectivity index (χ1n) is 4.27. The summed E-state index contributed by atoms with van der Waals surface area (Å²) in [5.74, 6) is -0.687. The number of aromatic carboxylic acids is 1. The normalized spacial score (nSPS) is 10.1. The molecule has 0 saturated carbocycles. The van der Waals surface area contributed by atoms with E-state index < -0.39 is 5.97 Å². The van der Waals surface area contributed by atoms with E-state index in [0.717, 1.165) is 0 Å². The Morgan fingerprint density at radius 1 is 1.40 bits per heavy atom. The summed E-state index contributed by atoms with van der Waals surface area (Å²) in [5, 5.41) is 9.07. The van der Waals surface area contributed by atoms with E-state index in [1.165, 1.54) is 7.11 Å². The summed E-state index contributed by atoms with van der Waals surface area (Å²) in [5.41, 5.74) is 7.54. The van der Waals surface area contributed by atoms with E-state index in [-0.39, 0.29) is 5.56 Å². The number of carboxylic acids is 1. The van der Waals surface area contributed by atoms with E-state index in [4.69, 9.17) is 15.6 Å². The van der Waals surface area contributed by atoms with E-state index in [2.05, 4.69) is 15.9 Å². The standard InChI is InChI=1S/C10H12BrNO3/c1-4-6(10(13)14)9(15-3)5(2)7(11)8(4)12/h12H2,1-3H3,(H,13,14). The lowest BCUT2D eigenvalue weighted by Gasteiger charge is -2.15. The Balaban J connectivity index is 3.70. The highest BCUT2D eigenvalue weighted by Gasteiger charge is 2.21. The van der Waals surface area contributed by atoms with Crippen LogP contribution >= 0.6 is 15.9 Å². The van der Waals surface area contributed by atoms with Gasteiger partial charge in [-0.05, 0) is 35.3 Å². The van der Waals surface area contributed by atoms with Gasteiger partial charge in [0.05, 0.1) is 12.8 Å². The molecule has 1 aromatic carbocycles. The number of halogens is 1. The summed E-state index contributed by atoms with van der Waals surface area (Å²) in [4.78, 5) is 11.1. The highest BCUT2D eigenvalue weighted by atomic mass is 79.9. The molecule has 0 unspecified atom stereocenters. The van der Waals surface area contributed by atoms with Crippen molar-refractivity contribution < 1.29 is 14.6 Å². The third kappa shape index (κ3) is 1.79. The van der Waals surface area contributed by atoms with Gasteiger partial charge in [-0.25, -0.2) is 4.79 Å². The average molecular weight is 274 g/mol. The predicted octanol–water partition coefficient (Wildman–Crippen LogP) is 2.35. The minimum absolute atomic E-state index is 0.121. The summed E-state index contributed by atoms with van der Waals surface area (Å²) in [6, 6.07) is 0. The number of ether oxygens (including phenoxy) is 1. The molecule has 15 heavy (non-hydrogen) atoms. The van der Waals surface area contributed by atoms with Crippen LogP contribution in [0.15, 0.2) is 4.47 Å². The van der Waals surface area contributed by atoms with Gasteiger partial charge < -0.3 is 15.6 Å². The quantitative estimate of drug-likeness (QED) is 0.812. The number of anilines is 1.